The summed E-state index contributed by atoms with van der Waals surface area (Å²) in [6.45, 7) is 3.29. The predicted molar refractivity (Wildman–Crippen MR) is 78.5 cm³/mol. The molecule has 0 spiro atoms. The normalized spacial score (nSPS) is 10.6. The van der Waals surface area contributed by atoms with Crippen LogP contribution in [0.4, 0.5) is 4.39 Å². The lowest BCUT2D eigenvalue weighted by atomic mass is 9.99. The van der Waals surface area contributed by atoms with Crippen molar-refractivity contribution >= 4 is 33.3 Å². The molecule has 0 atom stereocenters. The zero-order valence-electron chi connectivity index (χ0n) is 10.4. The Morgan fingerprint density at radius 2 is 1.58 bits per heavy atom. The number of carbonyl (C=O) groups excluding carboxylic acids is 1. The van der Waals surface area contributed by atoms with Gasteiger partial charge in [0.25, 0.3) is 0 Å². The summed E-state index contributed by atoms with van der Waals surface area (Å²) >= 11 is 9.22. The van der Waals surface area contributed by atoms with E-state index < -0.39 is 0 Å². The molecule has 0 saturated heterocycles. The SMILES string of the molecule is Cc1cc(C(=O)c2cc(Cl)cc(Br)c2)cc(C)c1F. The van der Waals surface area contributed by atoms with Crippen LogP contribution in [-0.2, 0) is 0 Å². The molecule has 0 aliphatic rings. The second-order valence-electron chi connectivity index (χ2n) is 4.41. The third-order valence-electron chi connectivity index (χ3n) is 2.82. The summed E-state index contributed by atoms with van der Waals surface area (Å²) in [5.74, 6) is -0.446. The van der Waals surface area contributed by atoms with Gasteiger partial charge in [-0.05, 0) is 55.3 Å². The Balaban J connectivity index is 2.50. The van der Waals surface area contributed by atoms with Crippen molar-refractivity contribution < 1.29 is 9.18 Å². The van der Waals surface area contributed by atoms with E-state index in [2.05, 4.69) is 15.9 Å². The molecular weight excluding hydrogens is 331 g/mol. The topological polar surface area (TPSA) is 17.1 Å². The second-order valence-corrected chi connectivity index (χ2v) is 5.76. The molecule has 0 N–H and O–H groups in total. The third kappa shape index (κ3) is 3.04. The minimum Gasteiger partial charge on any atom is -0.289 e. The molecule has 0 fully saturated rings. The van der Waals surface area contributed by atoms with Crippen molar-refractivity contribution in [3.05, 3.63) is 67.9 Å². The van der Waals surface area contributed by atoms with Crippen molar-refractivity contribution in [2.45, 2.75) is 13.8 Å². The number of rotatable bonds is 2. The van der Waals surface area contributed by atoms with Crippen LogP contribution in [0.1, 0.15) is 27.0 Å². The first-order chi connectivity index (χ1) is 8.88. The maximum Gasteiger partial charge on any atom is 0.193 e. The number of ketones is 1. The lowest BCUT2D eigenvalue weighted by Crippen LogP contribution is -2.04. The van der Waals surface area contributed by atoms with Gasteiger partial charge in [-0.1, -0.05) is 27.5 Å². The van der Waals surface area contributed by atoms with Crippen LogP contribution in [0, 0.1) is 19.7 Å². The van der Waals surface area contributed by atoms with E-state index in [4.69, 9.17) is 11.6 Å². The average molecular weight is 342 g/mol. The van der Waals surface area contributed by atoms with Crippen LogP contribution < -0.4 is 0 Å². The van der Waals surface area contributed by atoms with Crippen molar-refractivity contribution in [1.82, 2.24) is 0 Å². The van der Waals surface area contributed by atoms with Gasteiger partial charge < -0.3 is 0 Å². The third-order valence-corrected chi connectivity index (χ3v) is 3.50. The molecule has 98 valence electrons. The van der Waals surface area contributed by atoms with Crippen LogP contribution >= 0.6 is 27.5 Å². The van der Waals surface area contributed by atoms with Crippen molar-refractivity contribution in [2.24, 2.45) is 0 Å². The summed E-state index contributed by atoms with van der Waals surface area (Å²) in [5.41, 5.74) is 1.87. The first-order valence-corrected chi connectivity index (χ1v) is 6.83. The highest BCUT2D eigenvalue weighted by molar-refractivity contribution is 9.10. The molecular formula is C15H11BrClFO. The zero-order chi connectivity index (χ0) is 14.2. The van der Waals surface area contributed by atoms with E-state index in [9.17, 15) is 9.18 Å². The Kier molecular flexibility index (Phi) is 4.07. The fourth-order valence-corrected chi connectivity index (χ4v) is 2.79. The number of halogens is 3. The number of hydrogen-bond donors (Lipinski definition) is 0. The van der Waals surface area contributed by atoms with Crippen LogP contribution in [0.25, 0.3) is 0 Å². The standard InChI is InChI=1S/C15H11BrClFO/c1-8-3-10(4-9(2)14(8)18)15(19)11-5-12(16)7-13(17)6-11/h3-7H,1-2H3. The maximum atomic E-state index is 13.6. The molecule has 0 saturated carbocycles. The van der Waals surface area contributed by atoms with E-state index >= 15 is 0 Å². The zero-order valence-corrected chi connectivity index (χ0v) is 12.8. The molecule has 19 heavy (non-hydrogen) atoms. The number of carbonyl (C=O) groups is 1. The van der Waals surface area contributed by atoms with E-state index in [-0.39, 0.29) is 11.6 Å². The number of hydrogen-bond acceptors (Lipinski definition) is 1. The van der Waals surface area contributed by atoms with Crippen LogP contribution in [-0.4, -0.2) is 5.78 Å². The van der Waals surface area contributed by atoms with E-state index in [1.165, 1.54) is 0 Å². The van der Waals surface area contributed by atoms with Crippen molar-refractivity contribution in [3.63, 3.8) is 0 Å². The van der Waals surface area contributed by atoms with Gasteiger partial charge in [-0.2, -0.15) is 0 Å². The van der Waals surface area contributed by atoms with Gasteiger partial charge in [0, 0.05) is 20.6 Å². The quantitative estimate of drug-likeness (QED) is 0.695. The Morgan fingerprint density at radius 3 is 2.11 bits per heavy atom. The van der Waals surface area contributed by atoms with E-state index in [1.807, 2.05) is 0 Å². The van der Waals surface area contributed by atoms with Crippen LogP contribution in [0.15, 0.2) is 34.8 Å². The lowest BCUT2D eigenvalue weighted by Gasteiger charge is -2.07. The summed E-state index contributed by atoms with van der Waals surface area (Å²) in [5, 5.41) is 0.480. The molecule has 0 aliphatic heterocycles. The Morgan fingerprint density at radius 1 is 1.05 bits per heavy atom. The first kappa shape index (κ1) is 14.2. The van der Waals surface area contributed by atoms with Crippen LogP contribution in [0.3, 0.4) is 0 Å². The molecule has 2 rings (SSSR count). The van der Waals surface area contributed by atoms with Crippen molar-refractivity contribution in [3.8, 4) is 0 Å². The van der Waals surface area contributed by atoms with Gasteiger partial charge in [0.05, 0.1) is 0 Å². The summed E-state index contributed by atoms with van der Waals surface area (Å²) in [6.07, 6.45) is 0. The molecule has 0 aliphatic carbocycles. The van der Waals surface area contributed by atoms with Crippen molar-refractivity contribution in [1.29, 1.82) is 0 Å². The van der Waals surface area contributed by atoms with Gasteiger partial charge in [-0.3, -0.25) is 4.79 Å². The monoisotopic (exact) mass is 340 g/mol. The predicted octanol–water partition coefficient (Wildman–Crippen LogP) is 5.09. The Bertz CT molecular complexity index is 624. The molecule has 0 bridgehead atoms. The fraction of sp³-hybridized carbons (Fsp3) is 0.133. The minimum atomic E-state index is -0.274. The highest BCUT2D eigenvalue weighted by Crippen LogP contribution is 2.23. The molecule has 0 unspecified atom stereocenters. The summed E-state index contributed by atoms with van der Waals surface area (Å²) < 4.78 is 14.3. The molecule has 1 nitrogen and oxygen atoms in total. The molecule has 0 aromatic heterocycles. The van der Waals surface area contributed by atoms with E-state index in [0.717, 1.165) is 4.47 Å². The summed E-state index contributed by atoms with van der Waals surface area (Å²) in [7, 11) is 0. The average Bonchev–Trinajstić information content (AvgIpc) is 2.33. The van der Waals surface area contributed by atoms with Gasteiger partial charge in [-0.15, -0.1) is 0 Å². The molecule has 0 amide bonds. The van der Waals surface area contributed by atoms with Gasteiger partial charge >= 0.3 is 0 Å². The second kappa shape index (κ2) is 5.43. The maximum absolute atomic E-state index is 13.6. The van der Waals surface area contributed by atoms with Gasteiger partial charge in [0.1, 0.15) is 5.82 Å². The largest absolute Gasteiger partial charge is 0.289 e. The molecule has 2 aromatic rings. The Labute approximate surface area is 124 Å². The molecule has 0 radical (unpaired) electrons. The first-order valence-electron chi connectivity index (χ1n) is 5.66. The smallest absolute Gasteiger partial charge is 0.193 e. The molecule has 2 aromatic carbocycles. The molecule has 0 heterocycles. The van der Waals surface area contributed by atoms with Crippen LogP contribution in [0.5, 0.6) is 0 Å². The molecule has 4 heteroatoms. The van der Waals surface area contributed by atoms with Gasteiger partial charge in [0.2, 0.25) is 0 Å². The number of aryl methyl sites for hydroxylation is 2. The van der Waals surface area contributed by atoms with Gasteiger partial charge in [0.15, 0.2) is 5.78 Å². The van der Waals surface area contributed by atoms with Crippen molar-refractivity contribution in [2.75, 3.05) is 0 Å². The highest BCUT2D eigenvalue weighted by atomic mass is 79.9. The van der Waals surface area contributed by atoms with E-state index in [1.54, 1.807) is 44.2 Å². The fourth-order valence-electron chi connectivity index (χ4n) is 1.93. The van der Waals surface area contributed by atoms with Gasteiger partial charge in [-0.25, -0.2) is 4.39 Å². The minimum absolute atomic E-state index is 0.172. The van der Waals surface area contributed by atoms with Crippen LogP contribution in [0.2, 0.25) is 5.02 Å². The summed E-state index contributed by atoms with van der Waals surface area (Å²) in [6, 6.07) is 8.11. The Hall–Kier alpha value is -1.19. The lowest BCUT2D eigenvalue weighted by molar-refractivity contribution is 0.103. The number of benzene rings is 2. The van der Waals surface area contributed by atoms with E-state index in [0.29, 0.717) is 27.3 Å². The highest BCUT2D eigenvalue weighted by Gasteiger charge is 2.13. The summed E-state index contributed by atoms with van der Waals surface area (Å²) in [4.78, 5) is 12.4.